The van der Waals surface area contributed by atoms with Crippen LogP contribution in [0.4, 0.5) is 0 Å². The number of aliphatic carboxylic acids is 1. The summed E-state index contributed by atoms with van der Waals surface area (Å²) in [5.74, 6) is -0.982. The number of nitrogens with zero attached hydrogens (tertiary/aromatic N) is 1. The van der Waals surface area contributed by atoms with Crippen molar-refractivity contribution in [3.8, 4) is 0 Å². The van der Waals surface area contributed by atoms with Gasteiger partial charge in [0.25, 0.3) is 0 Å². The average Bonchev–Trinajstić information content (AvgIpc) is 2.60. The van der Waals surface area contributed by atoms with Crippen molar-refractivity contribution in [1.29, 1.82) is 0 Å². The predicted octanol–water partition coefficient (Wildman–Crippen LogP) is 3.05. The summed E-state index contributed by atoms with van der Waals surface area (Å²) in [6.07, 6.45) is 0.693. The van der Waals surface area contributed by atoms with Crippen molar-refractivity contribution in [3.05, 3.63) is 20.8 Å². The zero-order valence-electron chi connectivity index (χ0n) is 9.44. The van der Waals surface area contributed by atoms with Crippen LogP contribution in [0.3, 0.4) is 0 Å². The van der Waals surface area contributed by atoms with E-state index in [0.717, 1.165) is 17.6 Å². The van der Waals surface area contributed by atoms with Gasteiger partial charge in [0, 0.05) is 21.3 Å². The Morgan fingerprint density at radius 3 is 2.88 bits per heavy atom. The zero-order valence-corrected chi connectivity index (χ0v) is 11.8. The molecule has 1 unspecified atom stereocenters. The second-order valence-corrected chi connectivity index (χ2v) is 5.91. The maximum Gasteiger partial charge on any atom is 0.306 e. The second kappa shape index (κ2) is 6.37. The molecule has 90 valence electrons. The Bertz CT molecular complexity index is 354. The van der Waals surface area contributed by atoms with Crippen LogP contribution in [-0.4, -0.2) is 29.6 Å². The fraction of sp³-hybridized carbons (Fsp3) is 0.545. The summed E-state index contributed by atoms with van der Waals surface area (Å²) in [6.45, 7) is 3.43. The molecule has 0 spiro atoms. The lowest BCUT2D eigenvalue weighted by molar-refractivity contribution is -0.141. The average molecular weight is 306 g/mol. The Labute approximate surface area is 108 Å². The SMILES string of the molecule is CC(CCN(C)Cc1cc(Br)cs1)C(=O)O. The highest BCUT2D eigenvalue weighted by Crippen LogP contribution is 2.20. The normalized spacial score (nSPS) is 13.0. The van der Waals surface area contributed by atoms with Crippen LogP contribution in [0.1, 0.15) is 18.2 Å². The van der Waals surface area contributed by atoms with Gasteiger partial charge < -0.3 is 10.0 Å². The van der Waals surface area contributed by atoms with E-state index in [0.29, 0.717) is 6.42 Å². The smallest absolute Gasteiger partial charge is 0.306 e. The maximum atomic E-state index is 10.7. The number of carbonyl (C=O) groups is 1. The molecule has 1 atom stereocenters. The van der Waals surface area contributed by atoms with Gasteiger partial charge in [0.05, 0.1) is 5.92 Å². The fourth-order valence-electron chi connectivity index (χ4n) is 1.32. The third-order valence-electron chi connectivity index (χ3n) is 2.41. The number of hydrogen-bond acceptors (Lipinski definition) is 3. The van der Waals surface area contributed by atoms with E-state index in [-0.39, 0.29) is 5.92 Å². The molecule has 0 aromatic carbocycles. The summed E-state index contributed by atoms with van der Waals surface area (Å²) in [4.78, 5) is 14.1. The lowest BCUT2D eigenvalue weighted by Gasteiger charge is -2.16. The van der Waals surface area contributed by atoms with Crippen LogP contribution in [0.2, 0.25) is 0 Å². The van der Waals surface area contributed by atoms with Crippen LogP contribution in [-0.2, 0) is 11.3 Å². The lowest BCUT2D eigenvalue weighted by Crippen LogP contribution is -2.22. The largest absolute Gasteiger partial charge is 0.481 e. The lowest BCUT2D eigenvalue weighted by atomic mass is 10.1. The third kappa shape index (κ3) is 4.63. The van der Waals surface area contributed by atoms with Gasteiger partial charge in [0.1, 0.15) is 0 Å². The molecule has 5 heteroatoms. The van der Waals surface area contributed by atoms with Crippen molar-refractivity contribution < 1.29 is 9.90 Å². The molecule has 0 amide bonds. The molecule has 0 saturated carbocycles. The van der Waals surface area contributed by atoms with Crippen molar-refractivity contribution >= 4 is 33.2 Å². The van der Waals surface area contributed by atoms with Crippen molar-refractivity contribution in [2.75, 3.05) is 13.6 Å². The van der Waals surface area contributed by atoms with Crippen LogP contribution in [0.5, 0.6) is 0 Å². The van der Waals surface area contributed by atoms with Crippen molar-refractivity contribution in [2.24, 2.45) is 5.92 Å². The molecular weight excluding hydrogens is 290 g/mol. The summed E-state index contributed by atoms with van der Waals surface area (Å²) < 4.78 is 1.11. The first-order valence-electron chi connectivity index (χ1n) is 5.13. The number of thiophene rings is 1. The standard InChI is InChI=1S/C11H16BrNO2S/c1-8(11(14)15)3-4-13(2)6-10-5-9(12)7-16-10/h5,7-8H,3-4,6H2,1-2H3,(H,14,15). The quantitative estimate of drug-likeness (QED) is 0.878. The first kappa shape index (κ1) is 13.7. The van der Waals surface area contributed by atoms with Gasteiger partial charge in [-0.2, -0.15) is 0 Å². The van der Waals surface area contributed by atoms with Gasteiger partial charge >= 0.3 is 5.97 Å². The number of hydrogen-bond donors (Lipinski definition) is 1. The minimum atomic E-state index is -0.715. The summed E-state index contributed by atoms with van der Waals surface area (Å²) in [5.41, 5.74) is 0. The van der Waals surface area contributed by atoms with Crippen LogP contribution in [0.25, 0.3) is 0 Å². The summed E-state index contributed by atoms with van der Waals surface area (Å²) >= 11 is 5.13. The fourth-order valence-corrected chi connectivity index (χ4v) is 2.85. The zero-order chi connectivity index (χ0) is 12.1. The molecule has 0 bridgehead atoms. The molecule has 1 heterocycles. The summed E-state index contributed by atoms with van der Waals surface area (Å²) in [5, 5.41) is 10.8. The van der Waals surface area contributed by atoms with Gasteiger partial charge in [0.2, 0.25) is 0 Å². The van der Waals surface area contributed by atoms with Crippen molar-refractivity contribution in [1.82, 2.24) is 4.90 Å². The number of carboxylic acid groups (broad SMARTS) is 1. The molecular formula is C11H16BrNO2S. The molecule has 0 fully saturated rings. The van der Waals surface area contributed by atoms with Gasteiger partial charge in [0.15, 0.2) is 0 Å². The van der Waals surface area contributed by atoms with E-state index in [1.165, 1.54) is 4.88 Å². The molecule has 1 aromatic heterocycles. The van der Waals surface area contributed by atoms with E-state index < -0.39 is 5.97 Å². The van der Waals surface area contributed by atoms with E-state index in [9.17, 15) is 4.79 Å². The van der Waals surface area contributed by atoms with Crippen molar-refractivity contribution in [3.63, 3.8) is 0 Å². The van der Waals surface area contributed by atoms with Gasteiger partial charge in [-0.05, 0) is 42.0 Å². The summed E-state index contributed by atoms with van der Waals surface area (Å²) in [7, 11) is 2.02. The van der Waals surface area contributed by atoms with Gasteiger partial charge in [-0.1, -0.05) is 6.92 Å². The molecule has 1 rings (SSSR count). The minimum absolute atomic E-state index is 0.266. The molecule has 3 nitrogen and oxygen atoms in total. The molecule has 16 heavy (non-hydrogen) atoms. The van der Waals surface area contributed by atoms with Crippen LogP contribution in [0.15, 0.2) is 15.9 Å². The van der Waals surface area contributed by atoms with Gasteiger partial charge in [-0.25, -0.2) is 0 Å². The third-order valence-corrected chi connectivity index (χ3v) is 4.10. The number of rotatable bonds is 6. The molecule has 1 aromatic rings. The second-order valence-electron chi connectivity index (χ2n) is 4.00. The first-order chi connectivity index (χ1) is 7.49. The van der Waals surface area contributed by atoms with E-state index >= 15 is 0 Å². The molecule has 0 aliphatic rings. The Balaban J connectivity index is 2.31. The van der Waals surface area contributed by atoms with Crippen molar-refractivity contribution in [2.45, 2.75) is 19.9 Å². The Morgan fingerprint density at radius 1 is 1.69 bits per heavy atom. The first-order valence-corrected chi connectivity index (χ1v) is 6.80. The van der Waals surface area contributed by atoms with Gasteiger partial charge in [-0.3, -0.25) is 4.79 Å². The highest BCUT2D eigenvalue weighted by molar-refractivity contribution is 9.10. The van der Waals surface area contributed by atoms with Gasteiger partial charge in [-0.15, -0.1) is 11.3 Å². The van der Waals surface area contributed by atoms with E-state index in [2.05, 4.69) is 32.3 Å². The number of carboxylic acids is 1. The topological polar surface area (TPSA) is 40.5 Å². The Morgan fingerprint density at radius 2 is 2.38 bits per heavy atom. The Kier molecular flexibility index (Phi) is 5.44. The highest BCUT2D eigenvalue weighted by Gasteiger charge is 2.12. The van der Waals surface area contributed by atoms with Crippen LogP contribution < -0.4 is 0 Å². The minimum Gasteiger partial charge on any atom is -0.481 e. The number of halogens is 1. The maximum absolute atomic E-state index is 10.7. The van der Waals surface area contributed by atoms with E-state index in [4.69, 9.17) is 5.11 Å². The van der Waals surface area contributed by atoms with Crippen LogP contribution in [0, 0.1) is 5.92 Å². The highest BCUT2D eigenvalue weighted by atomic mass is 79.9. The molecule has 1 N–H and O–H groups in total. The van der Waals surface area contributed by atoms with Crippen LogP contribution >= 0.6 is 27.3 Å². The monoisotopic (exact) mass is 305 g/mol. The molecule has 0 aliphatic heterocycles. The predicted molar refractivity (Wildman–Crippen MR) is 69.8 cm³/mol. The summed E-state index contributed by atoms with van der Waals surface area (Å²) in [6, 6.07) is 2.10. The molecule has 0 aliphatic carbocycles. The Hall–Kier alpha value is -0.390. The molecule has 0 saturated heterocycles. The van der Waals surface area contributed by atoms with E-state index in [1.54, 1.807) is 18.3 Å². The molecule has 0 radical (unpaired) electrons. The van der Waals surface area contributed by atoms with E-state index in [1.807, 2.05) is 7.05 Å².